The van der Waals surface area contributed by atoms with Gasteiger partial charge in [0.2, 0.25) is 0 Å². The number of carbonyl (C=O) groups excluding carboxylic acids is 1. The van der Waals surface area contributed by atoms with E-state index >= 15 is 0 Å². The first-order chi connectivity index (χ1) is 11.7. The summed E-state index contributed by atoms with van der Waals surface area (Å²) in [6.07, 6.45) is 4.66. The fourth-order valence-electron chi connectivity index (χ4n) is 3.30. The molecular weight excluding hydrogens is 311 g/mol. The molecule has 0 radical (unpaired) electrons. The number of fused-ring (bicyclic) bond motifs is 1. The highest BCUT2D eigenvalue weighted by atomic mass is 19.1. The molecule has 5 nitrogen and oxygen atoms in total. The SMILES string of the molecule is O=C(NCCCOC1CCOCC1)N[C@H]1CCc2ccc(F)cc21. The maximum Gasteiger partial charge on any atom is 0.315 e. The van der Waals surface area contributed by atoms with E-state index in [9.17, 15) is 9.18 Å². The number of halogens is 1. The Hall–Kier alpha value is -1.66. The van der Waals surface area contributed by atoms with Gasteiger partial charge in [-0.05, 0) is 55.4 Å². The predicted molar refractivity (Wildman–Crippen MR) is 88.4 cm³/mol. The second-order valence-corrected chi connectivity index (χ2v) is 6.37. The van der Waals surface area contributed by atoms with Gasteiger partial charge in [-0.1, -0.05) is 6.07 Å². The molecule has 24 heavy (non-hydrogen) atoms. The van der Waals surface area contributed by atoms with Crippen LogP contribution in [0.3, 0.4) is 0 Å². The molecule has 1 aromatic rings. The van der Waals surface area contributed by atoms with Gasteiger partial charge in [-0.3, -0.25) is 0 Å². The Bertz CT molecular complexity index is 561. The molecule has 1 atom stereocenters. The first kappa shape index (κ1) is 17.2. The van der Waals surface area contributed by atoms with E-state index in [0.29, 0.717) is 13.2 Å². The van der Waals surface area contributed by atoms with Gasteiger partial charge in [0.15, 0.2) is 0 Å². The molecule has 1 aliphatic heterocycles. The molecule has 3 rings (SSSR count). The fraction of sp³-hybridized carbons (Fsp3) is 0.611. The Morgan fingerprint density at radius 2 is 2.12 bits per heavy atom. The molecule has 2 N–H and O–H groups in total. The third kappa shape index (κ3) is 4.68. The van der Waals surface area contributed by atoms with E-state index in [1.807, 2.05) is 0 Å². The van der Waals surface area contributed by atoms with Gasteiger partial charge in [0.05, 0.1) is 12.1 Å². The first-order valence-corrected chi connectivity index (χ1v) is 8.74. The van der Waals surface area contributed by atoms with Gasteiger partial charge in [-0.25, -0.2) is 9.18 Å². The van der Waals surface area contributed by atoms with Crippen molar-refractivity contribution in [1.29, 1.82) is 0 Å². The molecule has 0 spiro atoms. The van der Waals surface area contributed by atoms with Crippen molar-refractivity contribution in [2.75, 3.05) is 26.4 Å². The number of aryl methyl sites for hydroxylation is 1. The normalized spacial score (nSPS) is 20.6. The second-order valence-electron chi connectivity index (χ2n) is 6.37. The van der Waals surface area contributed by atoms with Crippen LogP contribution in [0.25, 0.3) is 0 Å². The Balaban J connectivity index is 1.33. The summed E-state index contributed by atoms with van der Waals surface area (Å²) in [4.78, 5) is 12.0. The second kappa shape index (κ2) is 8.44. The number of nitrogens with one attached hydrogen (secondary N) is 2. The van der Waals surface area contributed by atoms with Gasteiger partial charge < -0.3 is 20.1 Å². The van der Waals surface area contributed by atoms with Crippen molar-refractivity contribution >= 4 is 6.03 Å². The number of benzene rings is 1. The van der Waals surface area contributed by atoms with Gasteiger partial charge in [0.1, 0.15) is 5.82 Å². The minimum Gasteiger partial charge on any atom is -0.381 e. The van der Waals surface area contributed by atoms with Crippen LogP contribution in [-0.2, 0) is 15.9 Å². The van der Waals surface area contributed by atoms with Crippen molar-refractivity contribution in [3.05, 3.63) is 35.1 Å². The highest BCUT2D eigenvalue weighted by molar-refractivity contribution is 5.74. The average Bonchev–Trinajstić information content (AvgIpc) is 2.97. The molecule has 1 aliphatic carbocycles. The van der Waals surface area contributed by atoms with Crippen molar-refractivity contribution in [3.63, 3.8) is 0 Å². The Morgan fingerprint density at radius 3 is 2.96 bits per heavy atom. The Morgan fingerprint density at radius 1 is 1.29 bits per heavy atom. The summed E-state index contributed by atoms with van der Waals surface area (Å²) in [7, 11) is 0. The van der Waals surface area contributed by atoms with Gasteiger partial charge >= 0.3 is 6.03 Å². The maximum atomic E-state index is 13.4. The summed E-state index contributed by atoms with van der Waals surface area (Å²) in [5.41, 5.74) is 2.01. The number of ether oxygens (including phenoxy) is 2. The van der Waals surface area contributed by atoms with Gasteiger partial charge in [-0.15, -0.1) is 0 Å². The molecule has 1 heterocycles. The zero-order valence-corrected chi connectivity index (χ0v) is 13.9. The van der Waals surface area contributed by atoms with Crippen LogP contribution in [0.15, 0.2) is 18.2 Å². The zero-order valence-electron chi connectivity index (χ0n) is 13.9. The highest BCUT2D eigenvalue weighted by Crippen LogP contribution is 2.31. The smallest absolute Gasteiger partial charge is 0.315 e. The highest BCUT2D eigenvalue weighted by Gasteiger charge is 2.24. The Labute approximate surface area is 141 Å². The fourth-order valence-corrected chi connectivity index (χ4v) is 3.30. The lowest BCUT2D eigenvalue weighted by molar-refractivity contribution is -0.0320. The molecule has 132 valence electrons. The largest absolute Gasteiger partial charge is 0.381 e. The third-order valence-corrected chi connectivity index (χ3v) is 4.62. The van der Waals surface area contributed by atoms with Gasteiger partial charge in [0.25, 0.3) is 0 Å². The molecule has 1 saturated heterocycles. The zero-order chi connectivity index (χ0) is 16.8. The van der Waals surface area contributed by atoms with Crippen LogP contribution in [0.5, 0.6) is 0 Å². The number of urea groups is 1. The molecule has 0 aromatic heterocycles. The van der Waals surface area contributed by atoms with E-state index in [1.54, 1.807) is 6.07 Å². The van der Waals surface area contributed by atoms with Crippen LogP contribution in [0.1, 0.15) is 42.9 Å². The lowest BCUT2D eigenvalue weighted by Crippen LogP contribution is -2.38. The van der Waals surface area contributed by atoms with E-state index in [-0.39, 0.29) is 24.0 Å². The summed E-state index contributed by atoms with van der Waals surface area (Å²) < 4.78 is 24.4. The van der Waals surface area contributed by atoms with Crippen LogP contribution in [0.4, 0.5) is 9.18 Å². The molecule has 6 heteroatoms. The van der Waals surface area contributed by atoms with Gasteiger partial charge in [-0.2, -0.15) is 0 Å². The van der Waals surface area contributed by atoms with Crippen molar-refractivity contribution in [1.82, 2.24) is 10.6 Å². The standard InChI is InChI=1S/C18H25FN2O3/c19-14-4-2-13-3-5-17(16(13)12-14)21-18(22)20-8-1-9-24-15-6-10-23-11-7-15/h2,4,12,15,17H,1,3,5-11H2,(H2,20,21,22)/t17-/m0/s1. The number of carbonyl (C=O) groups is 1. The molecule has 0 bridgehead atoms. The quantitative estimate of drug-likeness (QED) is 0.785. The lowest BCUT2D eigenvalue weighted by atomic mass is 10.1. The molecule has 1 fully saturated rings. The summed E-state index contributed by atoms with van der Waals surface area (Å²) in [6.45, 7) is 2.75. The molecular formula is C18H25FN2O3. The number of hydrogen-bond acceptors (Lipinski definition) is 3. The van der Waals surface area contributed by atoms with Crippen LogP contribution in [0.2, 0.25) is 0 Å². The van der Waals surface area contributed by atoms with Crippen molar-refractivity contribution in [3.8, 4) is 0 Å². The van der Waals surface area contributed by atoms with E-state index in [1.165, 1.54) is 12.1 Å². The first-order valence-electron chi connectivity index (χ1n) is 8.74. The molecule has 0 unspecified atom stereocenters. The minimum absolute atomic E-state index is 0.103. The number of amides is 2. The van der Waals surface area contributed by atoms with E-state index in [0.717, 1.165) is 56.4 Å². The number of rotatable bonds is 6. The van der Waals surface area contributed by atoms with Gasteiger partial charge in [0, 0.05) is 26.4 Å². The summed E-state index contributed by atoms with van der Waals surface area (Å²) in [5.74, 6) is -0.256. The number of hydrogen-bond donors (Lipinski definition) is 2. The maximum absolute atomic E-state index is 13.4. The molecule has 1 aromatic carbocycles. The topological polar surface area (TPSA) is 59.6 Å². The monoisotopic (exact) mass is 336 g/mol. The molecule has 0 saturated carbocycles. The minimum atomic E-state index is -0.256. The third-order valence-electron chi connectivity index (χ3n) is 4.62. The van der Waals surface area contributed by atoms with E-state index < -0.39 is 0 Å². The molecule has 2 amide bonds. The lowest BCUT2D eigenvalue weighted by Gasteiger charge is -2.22. The summed E-state index contributed by atoms with van der Waals surface area (Å²) in [5, 5.41) is 5.77. The summed E-state index contributed by atoms with van der Waals surface area (Å²) >= 11 is 0. The Kier molecular flexibility index (Phi) is 6.04. The van der Waals surface area contributed by atoms with Crippen LogP contribution in [-0.4, -0.2) is 38.5 Å². The van der Waals surface area contributed by atoms with Crippen LogP contribution in [0, 0.1) is 5.82 Å². The van der Waals surface area contributed by atoms with E-state index in [2.05, 4.69) is 10.6 Å². The van der Waals surface area contributed by atoms with Crippen molar-refractivity contribution < 1.29 is 18.7 Å². The summed E-state index contributed by atoms with van der Waals surface area (Å²) in [6, 6.07) is 4.49. The van der Waals surface area contributed by atoms with Crippen LogP contribution >= 0.6 is 0 Å². The molecule has 2 aliphatic rings. The van der Waals surface area contributed by atoms with Crippen molar-refractivity contribution in [2.45, 2.75) is 44.2 Å². The average molecular weight is 336 g/mol. The van der Waals surface area contributed by atoms with Crippen LogP contribution < -0.4 is 10.6 Å². The predicted octanol–water partition coefficient (Wildman–Crippen LogP) is 2.70. The van der Waals surface area contributed by atoms with E-state index in [4.69, 9.17) is 9.47 Å². The van der Waals surface area contributed by atoms with Crippen molar-refractivity contribution in [2.24, 2.45) is 0 Å².